The van der Waals surface area contributed by atoms with Crippen molar-refractivity contribution in [2.45, 2.75) is 43.5 Å². The highest BCUT2D eigenvalue weighted by Crippen LogP contribution is 2.23. The van der Waals surface area contributed by atoms with Crippen LogP contribution in [-0.4, -0.2) is 73.7 Å². The van der Waals surface area contributed by atoms with Crippen molar-refractivity contribution in [3.05, 3.63) is 42.5 Å². The van der Waals surface area contributed by atoms with Gasteiger partial charge in [0.15, 0.2) is 0 Å². The van der Waals surface area contributed by atoms with Gasteiger partial charge in [0, 0.05) is 32.2 Å². The first-order chi connectivity index (χ1) is 14.5. The van der Waals surface area contributed by atoms with Crippen LogP contribution in [0.1, 0.15) is 32.6 Å². The summed E-state index contributed by atoms with van der Waals surface area (Å²) in [6.07, 6.45) is 4.64. The fraction of sp³-hybridized carbons (Fsp3) is 0.522. The molecule has 0 spiro atoms. The normalized spacial score (nSPS) is 21.8. The van der Waals surface area contributed by atoms with Crippen LogP contribution in [0.25, 0.3) is 10.8 Å². The number of nitrogens with zero attached hydrogens (tertiary/aromatic N) is 3. The van der Waals surface area contributed by atoms with Gasteiger partial charge in [-0.05, 0) is 48.7 Å². The number of rotatable bonds is 5. The minimum atomic E-state index is -3.56. The molecule has 0 aromatic heterocycles. The Hall–Kier alpha value is -1.96. The van der Waals surface area contributed by atoms with Crippen molar-refractivity contribution in [1.82, 2.24) is 14.1 Å². The molecule has 0 aliphatic carbocycles. The Morgan fingerprint density at radius 1 is 0.967 bits per heavy atom. The molecule has 2 fully saturated rings. The molecule has 0 radical (unpaired) electrons. The molecule has 2 aromatic rings. The van der Waals surface area contributed by atoms with Gasteiger partial charge in [0.05, 0.1) is 11.4 Å². The molecule has 0 saturated carbocycles. The first kappa shape index (κ1) is 21.3. The summed E-state index contributed by atoms with van der Waals surface area (Å²) in [6.45, 7) is 5.23. The molecule has 2 saturated heterocycles. The maximum atomic E-state index is 13.1. The number of sulfonamides is 1. The minimum absolute atomic E-state index is 0.123. The zero-order chi connectivity index (χ0) is 21.1. The van der Waals surface area contributed by atoms with Crippen molar-refractivity contribution in [2.24, 2.45) is 0 Å². The van der Waals surface area contributed by atoms with Gasteiger partial charge in [0.2, 0.25) is 15.9 Å². The van der Waals surface area contributed by atoms with E-state index in [-0.39, 0.29) is 5.91 Å². The number of hydrogen-bond donors (Lipinski definition) is 0. The molecule has 0 bridgehead atoms. The van der Waals surface area contributed by atoms with Gasteiger partial charge in [0.25, 0.3) is 0 Å². The number of benzene rings is 2. The molecular weight excluding hydrogens is 398 g/mol. The van der Waals surface area contributed by atoms with Crippen LogP contribution in [0.15, 0.2) is 47.4 Å². The van der Waals surface area contributed by atoms with Crippen molar-refractivity contribution in [2.75, 3.05) is 39.3 Å². The van der Waals surface area contributed by atoms with E-state index < -0.39 is 10.0 Å². The maximum absolute atomic E-state index is 13.1. The average molecular weight is 430 g/mol. The van der Waals surface area contributed by atoms with Gasteiger partial charge in [0.1, 0.15) is 0 Å². The van der Waals surface area contributed by atoms with E-state index in [9.17, 15) is 13.2 Å². The lowest BCUT2D eigenvalue weighted by Crippen LogP contribution is -2.53. The zero-order valence-corrected chi connectivity index (χ0v) is 18.5. The number of carbonyl (C=O) groups excluding carboxylic acids is 1. The van der Waals surface area contributed by atoms with E-state index in [1.807, 2.05) is 35.2 Å². The number of hydrogen-bond acceptors (Lipinski definition) is 4. The summed E-state index contributed by atoms with van der Waals surface area (Å²) < 4.78 is 27.8. The number of amides is 1. The summed E-state index contributed by atoms with van der Waals surface area (Å²) in [5.41, 5.74) is 0. The van der Waals surface area contributed by atoms with E-state index in [2.05, 4.69) is 11.8 Å². The monoisotopic (exact) mass is 429 g/mol. The number of fused-ring (bicyclic) bond motifs is 1. The Morgan fingerprint density at radius 2 is 1.70 bits per heavy atom. The maximum Gasteiger partial charge on any atom is 0.243 e. The molecule has 2 aliphatic rings. The lowest BCUT2D eigenvalue weighted by molar-refractivity contribution is -0.134. The van der Waals surface area contributed by atoms with Crippen molar-refractivity contribution in [3.63, 3.8) is 0 Å². The van der Waals surface area contributed by atoms with Crippen LogP contribution in [-0.2, 0) is 14.8 Å². The molecule has 30 heavy (non-hydrogen) atoms. The summed E-state index contributed by atoms with van der Waals surface area (Å²) in [5.74, 6) is 0.123. The molecule has 1 amide bonds. The van der Waals surface area contributed by atoms with E-state index >= 15 is 0 Å². The average Bonchev–Trinajstić information content (AvgIpc) is 2.79. The predicted octanol–water partition coefficient (Wildman–Crippen LogP) is 2.94. The molecule has 2 aliphatic heterocycles. The van der Waals surface area contributed by atoms with Crippen LogP contribution in [0.5, 0.6) is 0 Å². The van der Waals surface area contributed by atoms with Crippen molar-refractivity contribution >= 4 is 26.7 Å². The molecular formula is C23H31N3O3S. The second-order valence-corrected chi connectivity index (χ2v) is 10.3. The molecule has 2 heterocycles. The Morgan fingerprint density at radius 3 is 2.43 bits per heavy atom. The van der Waals surface area contributed by atoms with Gasteiger partial charge in [-0.2, -0.15) is 4.31 Å². The largest absolute Gasteiger partial charge is 0.339 e. The minimum Gasteiger partial charge on any atom is -0.339 e. The van der Waals surface area contributed by atoms with Gasteiger partial charge in [-0.25, -0.2) is 8.42 Å². The quantitative estimate of drug-likeness (QED) is 0.733. The van der Waals surface area contributed by atoms with E-state index in [1.165, 1.54) is 17.1 Å². The van der Waals surface area contributed by atoms with Crippen LogP contribution >= 0.6 is 0 Å². The number of carbonyl (C=O) groups is 1. The molecule has 4 rings (SSSR count). The van der Waals surface area contributed by atoms with Crippen LogP contribution in [0, 0.1) is 0 Å². The van der Waals surface area contributed by atoms with Crippen LogP contribution in [0.2, 0.25) is 0 Å². The summed E-state index contributed by atoms with van der Waals surface area (Å²) in [4.78, 5) is 17.3. The Labute approximate surface area is 179 Å². The third-order valence-electron chi connectivity index (χ3n) is 6.51. The summed E-state index contributed by atoms with van der Waals surface area (Å²) in [7, 11) is -3.56. The molecule has 162 valence electrons. The Balaban J connectivity index is 1.38. The van der Waals surface area contributed by atoms with Crippen molar-refractivity contribution < 1.29 is 13.2 Å². The van der Waals surface area contributed by atoms with E-state index in [0.717, 1.165) is 30.2 Å². The van der Waals surface area contributed by atoms with Gasteiger partial charge in [-0.15, -0.1) is 0 Å². The molecule has 0 N–H and O–H groups in total. The van der Waals surface area contributed by atoms with Gasteiger partial charge in [-0.3, -0.25) is 9.69 Å². The zero-order valence-electron chi connectivity index (χ0n) is 17.7. The van der Waals surface area contributed by atoms with Crippen molar-refractivity contribution in [1.29, 1.82) is 0 Å². The summed E-state index contributed by atoms with van der Waals surface area (Å²) in [6, 6.07) is 13.5. The van der Waals surface area contributed by atoms with Crippen molar-refractivity contribution in [3.8, 4) is 0 Å². The van der Waals surface area contributed by atoms with E-state index in [1.54, 1.807) is 12.1 Å². The van der Waals surface area contributed by atoms with Gasteiger partial charge in [-0.1, -0.05) is 43.7 Å². The van der Waals surface area contributed by atoms with Crippen LogP contribution < -0.4 is 0 Å². The van der Waals surface area contributed by atoms with E-state index in [0.29, 0.717) is 43.7 Å². The highest BCUT2D eigenvalue weighted by molar-refractivity contribution is 7.89. The fourth-order valence-electron chi connectivity index (χ4n) is 4.66. The number of piperidine rings is 1. The van der Waals surface area contributed by atoms with E-state index in [4.69, 9.17) is 0 Å². The fourth-order valence-corrected chi connectivity index (χ4v) is 6.12. The third kappa shape index (κ3) is 4.38. The molecule has 2 aromatic carbocycles. The highest BCUT2D eigenvalue weighted by atomic mass is 32.2. The highest BCUT2D eigenvalue weighted by Gasteiger charge is 2.31. The molecule has 1 atom stereocenters. The Bertz CT molecular complexity index is 1000. The first-order valence-electron chi connectivity index (χ1n) is 11.0. The number of likely N-dealkylation sites (tertiary alicyclic amines) is 1. The summed E-state index contributed by atoms with van der Waals surface area (Å²) in [5, 5.41) is 1.94. The lowest BCUT2D eigenvalue weighted by atomic mass is 10.00. The molecule has 7 heteroatoms. The van der Waals surface area contributed by atoms with Crippen LogP contribution in [0.3, 0.4) is 0 Å². The standard InChI is InChI=1S/C23H31N3O3S/c1-2-21-9-5-6-12-25(21)18-23(27)24-13-15-26(16-14-24)30(28,29)22-11-10-19-7-3-4-8-20(19)17-22/h3-4,7-8,10-11,17,21H,2,5-6,9,12-16,18H2,1H3. The van der Waals surface area contributed by atoms with Gasteiger partial charge >= 0.3 is 0 Å². The Kier molecular flexibility index (Phi) is 6.41. The predicted molar refractivity (Wildman–Crippen MR) is 119 cm³/mol. The second-order valence-electron chi connectivity index (χ2n) is 8.32. The lowest BCUT2D eigenvalue weighted by Gasteiger charge is -2.38. The second kappa shape index (κ2) is 9.04. The molecule has 6 nitrogen and oxygen atoms in total. The SMILES string of the molecule is CCC1CCCCN1CC(=O)N1CCN(S(=O)(=O)c2ccc3ccccc3c2)CC1. The third-order valence-corrected chi connectivity index (χ3v) is 8.40. The van der Waals surface area contributed by atoms with Gasteiger partial charge < -0.3 is 4.90 Å². The smallest absolute Gasteiger partial charge is 0.243 e. The molecule has 1 unspecified atom stereocenters. The van der Waals surface area contributed by atoms with Crippen LogP contribution in [0.4, 0.5) is 0 Å². The number of piperazine rings is 1. The first-order valence-corrected chi connectivity index (χ1v) is 12.4. The summed E-state index contributed by atoms with van der Waals surface area (Å²) >= 11 is 0. The topological polar surface area (TPSA) is 60.9 Å².